The number of benzene rings is 3. The van der Waals surface area contributed by atoms with Crippen LogP contribution in [0.25, 0.3) is 22.7 Å². The summed E-state index contributed by atoms with van der Waals surface area (Å²) >= 11 is 6.22. The molecule has 204 valence electrons. The van der Waals surface area contributed by atoms with Crippen molar-refractivity contribution in [1.29, 1.82) is 0 Å². The first-order chi connectivity index (χ1) is 19.9. The maximum absolute atomic E-state index is 13.8. The van der Waals surface area contributed by atoms with Gasteiger partial charge in [0.15, 0.2) is 0 Å². The van der Waals surface area contributed by atoms with E-state index in [1.165, 1.54) is 22.0 Å². The standard InChI is InChI=1S/C29H22ClN7O4/c30-19-6-9-24(37-16-31-34-35-37)18(13-19)5-10-27(40)36-12-11-17-3-1-2-4-21(17)28(36)29(41)32-20-7-8-23-22(14-20)25(38)15-26(39)33-23/h1-10,13-16,28H,11-12H2,(H,32,41)(H2,33,38,39)/b10-5+. The van der Waals surface area contributed by atoms with Crippen LogP contribution in [0.1, 0.15) is 22.7 Å². The van der Waals surface area contributed by atoms with E-state index in [4.69, 9.17) is 11.6 Å². The number of aromatic nitrogens is 5. The minimum Gasteiger partial charge on any atom is -0.507 e. The minimum atomic E-state index is -0.907. The lowest BCUT2D eigenvalue weighted by Crippen LogP contribution is -2.44. The molecule has 1 aliphatic rings. The molecular weight excluding hydrogens is 546 g/mol. The quantitative estimate of drug-likeness (QED) is 0.275. The van der Waals surface area contributed by atoms with Gasteiger partial charge in [0.2, 0.25) is 5.91 Å². The topological polar surface area (TPSA) is 146 Å². The van der Waals surface area contributed by atoms with Gasteiger partial charge in [0.05, 0.1) is 11.2 Å². The van der Waals surface area contributed by atoms with Crippen LogP contribution < -0.4 is 10.9 Å². The van der Waals surface area contributed by atoms with E-state index < -0.39 is 17.5 Å². The smallest absolute Gasteiger partial charge is 0.252 e. The summed E-state index contributed by atoms with van der Waals surface area (Å²) in [5, 5.41) is 25.2. The van der Waals surface area contributed by atoms with Gasteiger partial charge >= 0.3 is 0 Å². The second kappa shape index (κ2) is 10.7. The van der Waals surface area contributed by atoms with Crippen molar-refractivity contribution >= 4 is 46.1 Å². The average Bonchev–Trinajstić information content (AvgIpc) is 3.50. The highest BCUT2D eigenvalue weighted by atomic mass is 35.5. The number of anilines is 1. The van der Waals surface area contributed by atoms with E-state index >= 15 is 0 Å². The summed E-state index contributed by atoms with van der Waals surface area (Å²) in [5.74, 6) is -0.984. The number of aromatic hydroxyl groups is 1. The number of H-pyrrole nitrogens is 1. The fourth-order valence-electron chi connectivity index (χ4n) is 5.01. The van der Waals surface area contributed by atoms with E-state index in [1.54, 1.807) is 42.5 Å². The van der Waals surface area contributed by atoms with Crippen LogP contribution in [0.5, 0.6) is 5.75 Å². The molecular formula is C29H22ClN7O4. The molecule has 1 aliphatic heterocycles. The number of fused-ring (bicyclic) bond motifs is 2. The SMILES string of the molecule is O=C(Nc1ccc2[nH]c(=O)cc(O)c2c1)C1c2ccccc2CCN1C(=O)/C=C/c1cc(Cl)ccc1-n1cnnn1. The molecule has 0 saturated heterocycles. The van der Waals surface area contributed by atoms with E-state index in [9.17, 15) is 19.5 Å². The molecule has 0 aliphatic carbocycles. The molecule has 0 fully saturated rings. The molecule has 3 heterocycles. The van der Waals surface area contributed by atoms with Crippen LogP contribution in [0.3, 0.4) is 0 Å². The number of carbonyl (C=O) groups excluding carboxylic acids is 2. The highest BCUT2D eigenvalue weighted by Crippen LogP contribution is 2.32. The van der Waals surface area contributed by atoms with Crippen LogP contribution in [0, 0.1) is 0 Å². The zero-order valence-electron chi connectivity index (χ0n) is 21.4. The molecule has 1 unspecified atom stereocenters. The Kier molecular flexibility index (Phi) is 6.78. The highest BCUT2D eigenvalue weighted by molar-refractivity contribution is 6.30. The molecule has 12 heteroatoms. The fourth-order valence-corrected chi connectivity index (χ4v) is 5.19. The van der Waals surface area contributed by atoms with E-state index in [0.717, 1.165) is 17.2 Å². The van der Waals surface area contributed by atoms with Gasteiger partial charge in [0.1, 0.15) is 18.1 Å². The summed E-state index contributed by atoms with van der Waals surface area (Å²) in [4.78, 5) is 43.2. The lowest BCUT2D eigenvalue weighted by Gasteiger charge is -2.35. The highest BCUT2D eigenvalue weighted by Gasteiger charge is 2.35. The maximum atomic E-state index is 13.8. The predicted octanol–water partition coefficient (Wildman–Crippen LogP) is 3.64. The molecule has 1 atom stereocenters. The second-order valence-electron chi connectivity index (χ2n) is 9.44. The number of amides is 2. The molecule has 41 heavy (non-hydrogen) atoms. The summed E-state index contributed by atoms with van der Waals surface area (Å²) in [6.07, 6.45) is 5.05. The molecule has 2 aromatic heterocycles. The van der Waals surface area contributed by atoms with Gasteiger partial charge in [-0.3, -0.25) is 14.4 Å². The second-order valence-corrected chi connectivity index (χ2v) is 9.88. The van der Waals surface area contributed by atoms with E-state index in [2.05, 4.69) is 25.8 Å². The van der Waals surface area contributed by atoms with Gasteiger partial charge in [-0.05, 0) is 70.4 Å². The summed E-state index contributed by atoms with van der Waals surface area (Å²) in [5.41, 5.74) is 3.35. The van der Waals surface area contributed by atoms with Crippen molar-refractivity contribution in [3.8, 4) is 11.4 Å². The van der Waals surface area contributed by atoms with Gasteiger partial charge in [-0.15, -0.1) is 5.10 Å². The zero-order chi connectivity index (χ0) is 28.5. The first-order valence-electron chi connectivity index (χ1n) is 12.6. The fraction of sp³-hybridized carbons (Fsp3) is 0.103. The Morgan fingerprint density at radius 2 is 1.95 bits per heavy atom. The van der Waals surface area contributed by atoms with Crippen molar-refractivity contribution in [2.75, 3.05) is 11.9 Å². The lowest BCUT2D eigenvalue weighted by atomic mass is 9.91. The van der Waals surface area contributed by atoms with Gasteiger partial charge in [0, 0.05) is 40.3 Å². The van der Waals surface area contributed by atoms with Crippen LogP contribution in [0.15, 0.2) is 83.9 Å². The Labute approximate surface area is 237 Å². The Bertz CT molecular complexity index is 1880. The minimum absolute atomic E-state index is 0.202. The van der Waals surface area contributed by atoms with Gasteiger partial charge in [-0.1, -0.05) is 35.9 Å². The molecule has 3 aromatic carbocycles. The maximum Gasteiger partial charge on any atom is 0.252 e. The third kappa shape index (κ3) is 5.18. The third-order valence-electron chi connectivity index (χ3n) is 6.89. The summed E-state index contributed by atoms with van der Waals surface area (Å²) < 4.78 is 1.46. The number of pyridine rings is 1. The van der Waals surface area contributed by atoms with Crippen molar-refractivity contribution in [1.82, 2.24) is 30.1 Å². The summed E-state index contributed by atoms with van der Waals surface area (Å²) in [6.45, 7) is 0.327. The molecule has 6 rings (SSSR count). The number of nitrogens with zero attached hydrogens (tertiary/aromatic N) is 5. The van der Waals surface area contributed by atoms with Gasteiger partial charge in [-0.25, -0.2) is 0 Å². The summed E-state index contributed by atoms with van der Waals surface area (Å²) in [6, 6.07) is 17.6. The van der Waals surface area contributed by atoms with Crippen molar-refractivity contribution < 1.29 is 14.7 Å². The summed E-state index contributed by atoms with van der Waals surface area (Å²) in [7, 11) is 0. The van der Waals surface area contributed by atoms with Crippen LogP contribution in [0.4, 0.5) is 5.69 Å². The first-order valence-corrected chi connectivity index (χ1v) is 13.0. The number of aromatic amines is 1. The largest absolute Gasteiger partial charge is 0.507 e. The third-order valence-corrected chi connectivity index (χ3v) is 7.13. The first kappa shape index (κ1) is 26.0. The molecule has 5 aromatic rings. The number of rotatable bonds is 5. The zero-order valence-corrected chi connectivity index (χ0v) is 22.1. The van der Waals surface area contributed by atoms with Crippen molar-refractivity contribution in [3.63, 3.8) is 0 Å². The Morgan fingerprint density at radius 1 is 1.10 bits per heavy atom. The number of carbonyl (C=O) groups is 2. The van der Waals surface area contributed by atoms with Crippen molar-refractivity contribution in [2.24, 2.45) is 0 Å². The number of halogens is 1. The van der Waals surface area contributed by atoms with Crippen LogP contribution in [-0.2, 0) is 16.0 Å². The van der Waals surface area contributed by atoms with E-state index in [1.807, 2.05) is 24.3 Å². The molecule has 0 bridgehead atoms. The van der Waals surface area contributed by atoms with E-state index in [0.29, 0.717) is 45.8 Å². The Hall–Kier alpha value is -5.29. The van der Waals surface area contributed by atoms with E-state index in [-0.39, 0.29) is 11.7 Å². The molecule has 11 nitrogen and oxygen atoms in total. The monoisotopic (exact) mass is 567 g/mol. The average molecular weight is 568 g/mol. The number of hydrogen-bond donors (Lipinski definition) is 3. The van der Waals surface area contributed by atoms with Crippen LogP contribution in [0.2, 0.25) is 5.02 Å². The van der Waals surface area contributed by atoms with Gasteiger partial charge < -0.3 is 20.3 Å². The normalized spacial score (nSPS) is 14.8. The molecule has 0 saturated carbocycles. The van der Waals surface area contributed by atoms with Crippen LogP contribution >= 0.6 is 11.6 Å². The Balaban J connectivity index is 1.31. The van der Waals surface area contributed by atoms with Crippen molar-refractivity contribution in [3.05, 3.63) is 111 Å². The van der Waals surface area contributed by atoms with Crippen molar-refractivity contribution in [2.45, 2.75) is 12.5 Å². The molecule has 0 radical (unpaired) electrons. The predicted molar refractivity (Wildman–Crippen MR) is 153 cm³/mol. The Morgan fingerprint density at radius 3 is 2.78 bits per heavy atom. The number of hydrogen-bond acceptors (Lipinski definition) is 7. The van der Waals surface area contributed by atoms with Gasteiger partial charge in [0.25, 0.3) is 11.5 Å². The lowest BCUT2D eigenvalue weighted by molar-refractivity contribution is -0.135. The number of tetrazole rings is 1. The van der Waals surface area contributed by atoms with Gasteiger partial charge in [-0.2, -0.15) is 4.68 Å². The molecule has 2 amide bonds. The van der Waals surface area contributed by atoms with Crippen LogP contribution in [-0.4, -0.2) is 53.6 Å². The molecule has 3 N–H and O–H groups in total. The molecule has 0 spiro atoms. The number of nitrogens with one attached hydrogen (secondary N) is 2.